The number of aliphatic hydroxyl groups is 1. The van der Waals surface area contributed by atoms with Crippen molar-refractivity contribution in [3.05, 3.63) is 0 Å². The number of aliphatic hydroxyl groups excluding tert-OH is 1. The van der Waals surface area contributed by atoms with Crippen LogP contribution >= 0.6 is 0 Å². The molecule has 9 atom stereocenters. The van der Waals surface area contributed by atoms with E-state index in [9.17, 15) is 5.11 Å². The molecule has 6 N–H and O–H groups in total. The van der Waals surface area contributed by atoms with Crippen molar-refractivity contribution in [3.8, 4) is 0 Å². The highest BCUT2D eigenvalue weighted by Gasteiger charge is 2.61. The van der Waals surface area contributed by atoms with Gasteiger partial charge in [0, 0.05) is 6.04 Å². The van der Waals surface area contributed by atoms with Gasteiger partial charge in [-0.25, -0.2) is 0 Å². The number of unbranched alkanes of at least 4 members (excludes halogenated alkanes) is 2. The van der Waals surface area contributed by atoms with Crippen LogP contribution in [0.4, 0.5) is 0 Å². The SMILES string of the molecule is CC(C)CCCCC1CCC2C3CC(O)[C@H]4C[C@@H](NCCCNCCCCNCCCN)CCC4(C)C3CCC12C. The van der Waals surface area contributed by atoms with Gasteiger partial charge in [-0.15, -0.1) is 0 Å². The average Bonchev–Trinajstić information content (AvgIpc) is 3.28. The summed E-state index contributed by atoms with van der Waals surface area (Å²) in [6, 6.07) is 0.592. The van der Waals surface area contributed by atoms with E-state index in [0.29, 0.717) is 22.8 Å². The number of rotatable bonds is 18. The monoisotopic (exact) mass is 575 g/mol. The predicted molar refractivity (Wildman–Crippen MR) is 175 cm³/mol. The lowest BCUT2D eigenvalue weighted by molar-refractivity contribution is -0.161. The standard InChI is InChI=1S/C36H70N4O/c1-27(2)11-5-6-12-28-13-14-31-30-26-34(41)33-25-29(15-17-36(33,4)32(30)16-18-35(28,31)3)40-24-10-23-39-21-8-7-20-38-22-9-19-37/h27-34,38-41H,5-26,37H2,1-4H3/t28?,29-,30?,31?,32?,33+,34?,35?,36?/m0/s1. The molecule has 4 fully saturated rings. The molecule has 5 nitrogen and oxygen atoms in total. The van der Waals surface area contributed by atoms with Crippen LogP contribution in [0.1, 0.15) is 130 Å². The maximum Gasteiger partial charge on any atom is 0.0577 e. The highest BCUT2D eigenvalue weighted by Crippen LogP contribution is 2.67. The van der Waals surface area contributed by atoms with E-state index in [2.05, 4.69) is 43.6 Å². The second-order valence-corrected chi connectivity index (χ2v) is 15.9. The fourth-order valence-corrected chi connectivity index (χ4v) is 10.5. The van der Waals surface area contributed by atoms with E-state index in [1.165, 1.54) is 89.9 Å². The molecule has 4 aliphatic rings. The highest BCUT2D eigenvalue weighted by atomic mass is 16.3. The summed E-state index contributed by atoms with van der Waals surface area (Å²) in [4.78, 5) is 0. The Kier molecular flexibility index (Phi) is 13.3. The van der Waals surface area contributed by atoms with E-state index in [4.69, 9.17) is 5.73 Å². The van der Waals surface area contributed by atoms with Crippen LogP contribution in [0.2, 0.25) is 0 Å². The molecule has 7 unspecified atom stereocenters. The van der Waals surface area contributed by atoms with E-state index < -0.39 is 0 Å². The summed E-state index contributed by atoms with van der Waals surface area (Å²) in [6.45, 7) is 16.3. The molecule has 41 heavy (non-hydrogen) atoms. The summed E-state index contributed by atoms with van der Waals surface area (Å²) >= 11 is 0. The third-order valence-electron chi connectivity index (χ3n) is 12.9. The smallest absolute Gasteiger partial charge is 0.0577 e. The van der Waals surface area contributed by atoms with Crippen LogP contribution in [0.25, 0.3) is 0 Å². The number of nitrogens with one attached hydrogen (secondary N) is 3. The number of nitrogens with two attached hydrogens (primary N) is 1. The van der Waals surface area contributed by atoms with E-state index in [1.807, 2.05) is 0 Å². The molecular weight excluding hydrogens is 504 g/mol. The Morgan fingerprint density at radius 1 is 0.732 bits per heavy atom. The van der Waals surface area contributed by atoms with Crippen molar-refractivity contribution in [2.24, 2.45) is 52.1 Å². The van der Waals surface area contributed by atoms with Crippen molar-refractivity contribution in [2.75, 3.05) is 39.3 Å². The van der Waals surface area contributed by atoms with E-state index in [1.54, 1.807) is 0 Å². The second-order valence-electron chi connectivity index (χ2n) is 15.9. The molecule has 0 aromatic heterocycles. The van der Waals surface area contributed by atoms with Crippen LogP contribution in [0.15, 0.2) is 0 Å². The molecule has 0 spiro atoms. The second kappa shape index (κ2) is 16.2. The van der Waals surface area contributed by atoms with Crippen molar-refractivity contribution < 1.29 is 5.11 Å². The van der Waals surface area contributed by atoms with Gasteiger partial charge in [0.05, 0.1) is 6.10 Å². The van der Waals surface area contributed by atoms with Gasteiger partial charge in [0.25, 0.3) is 0 Å². The van der Waals surface area contributed by atoms with Gasteiger partial charge in [0.15, 0.2) is 0 Å². The molecule has 0 saturated heterocycles. The number of hydrogen-bond donors (Lipinski definition) is 5. The molecular formula is C36H70N4O. The van der Waals surface area contributed by atoms with Gasteiger partial charge in [-0.3, -0.25) is 0 Å². The van der Waals surface area contributed by atoms with Crippen LogP contribution in [0, 0.1) is 46.3 Å². The van der Waals surface area contributed by atoms with Crippen LogP contribution in [0.3, 0.4) is 0 Å². The van der Waals surface area contributed by atoms with E-state index in [0.717, 1.165) is 81.7 Å². The molecule has 0 bridgehead atoms. The average molecular weight is 575 g/mol. The molecule has 4 saturated carbocycles. The van der Waals surface area contributed by atoms with Gasteiger partial charge in [0.1, 0.15) is 0 Å². The first-order valence-corrected chi connectivity index (χ1v) is 18.3. The number of fused-ring (bicyclic) bond motifs is 5. The molecule has 0 radical (unpaired) electrons. The minimum Gasteiger partial charge on any atom is -0.393 e. The molecule has 0 heterocycles. The summed E-state index contributed by atoms with van der Waals surface area (Å²) in [6.07, 6.45) is 21.0. The fourth-order valence-electron chi connectivity index (χ4n) is 10.5. The molecule has 0 aliphatic heterocycles. The molecule has 0 aromatic rings. The van der Waals surface area contributed by atoms with Crippen molar-refractivity contribution in [1.29, 1.82) is 0 Å². The fraction of sp³-hybridized carbons (Fsp3) is 1.00. The zero-order chi connectivity index (χ0) is 29.3. The highest BCUT2D eigenvalue weighted by molar-refractivity contribution is 5.11. The summed E-state index contributed by atoms with van der Waals surface area (Å²) in [5, 5.41) is 22.6. The van der Waals surface area contributed by atoms with Gasteiger partial charge < -0.3 is 26.8 Å². The van der Waals surface area contributed by atoms with Crippen molar-refractivity contribution in [3.63, 3.8) is 0 Å². The van der Waals surface area contributed by atoms with Gasteiger partial charge >= 0.3 is 0 Å². The third kappa shape index (κ3) is 8.50. The molecule has 240 valence electrons. The minimum atomic E-state index is -0.0928. The van der Waals surface area contributed by atoms with Crippen molar-refractivity contribution in [1.82, 2.24) is 16.0 Å². The number of hydrogen-bond acceptors (Lipinski definition) is 5. The zero-order valence-corrected chi connectivity index (χ0v) is 27.7. The van der Waals surface area contributed by atoms with E-state index >= 15 is 0 Å². The summed E-state index contributed by atoms with van der Waals surface area (Å²) in [5.74, 6) is 4.74. The van der Waals surface area contributed by atoms with Crippen molar-refractivity contribution >= 4 is 0 Å². The zero-order valence-electron chi connectivity index (χ0n) is 27.7. The summed E-state index contributed by atoms with van der Waals surface area (Å²) in [7, 11) is 0. The first-order valence-electron chi connectivity index (χ1n) is 18.3. The Hall–Kier alpha value is -0.200. The van der Waals surface area contributed by atoms with Gasteiger partial charge in [0.2, 0.25) is 0 Å². The Balaban J connectivity index is 1.17. The maximum absolute atomic E-state index is 11.6. The van der Waals surface area contributed by atoms with Gasteiger partial charge in [-0.1, -0.05) is 47.0 Å². The quantitative estimate of drug-likeness (QED) is 0.121. The van der Waals surface area contributed by atoms with Crippen LogP contribution < -0.4 is 21.7 Å². The predicted octanol–water partition coefficient (Wildman–Crippen LogP) is 6.49. The van der Waals surface area contributed by atoms with Gasteiger partial charge in [-0.2, -0.15) is 0 Å². The normalized spacial score (nSPS) is 38.6. The summed E-state index contributed by atoms with van der Waals surface area (Å²) < 4.78 is 0. The largest absolute Gasteiger partial charge is 0.393 e. The topological polar surface area (TPSA) is 82.3 Å². The van der Waals surface area contributed by atoms with Crippen LogP contribution in [0.5, 0.6) is 0 Å². The molecule has 5 heteroatoms. The maximum atomic E-state index is 11.6. The molecule has 4 rings (SSSR count). The minimum absolute atomic E-state index is 0.0928. The Morgan fingerprint density at radius 3 is 2.15 bits per heavy atom. The molecule has 0 aromatic carbocycles. The lowest BCUT2D eigenvalue weighted by Crippen LogP contribution is -2.59. The van der Waals surface area contributed by atoms with Crippen LogP contribution in [-0.2, 0) is 0 Å². The Bertz CT molecular complexity index is 747. The lowest BCUT2D eigenvalue weighted by Gasteiger charge is -2.62. The first-order chi connectivity index (χ1) is 19.8. The molecule has 4 aliphatic carbocycles. The first kappa shape index (κ1) is 33.7. The van der Waals surface area contributed by atoms with E-state index in [-0.39, 0.29) is 6.10 Å². The lowest BCUT2D eigenvalue weighted by atomic mass is 9.44. The van der Waals surface area contributed by atoms with Gasteiger partial charge in [-0.05, 0) is 169 Å². The molecule has 0 amide bonds. The van der Waals surface area contributed by atoms with Crippen molar-refractivity contribution in [2.45, 2.75) is 143 Å². The third-order valence-corrected chi connectivity index (χ3v) is 12.9. The summed E-state index contributed by atoms with van der Waals surface area (Å²) in [5.41, 5.74) is 6.42. The Labute approximate surface area is 254 Å². The Morgan fingerprint density at radius 2 is 1.41 bits per heavy atom. The van der Waals surface area contributed by atoms with Crippen LogP contribution in [-0.4, -0.2) is 56.5 Å².